The number of sulfonamides is 1. The Kier molecular flexibility index (Phi) is 6.47. The maximum atomic E-state index is 11.4. The van der Waals surface area contributed by atoms with Gasteiger partial charge in [0.25, 0.3) is 0 Å². The summed E-state index contributed by atoms with van der Waals surface area (Å²) in [4.78, 5) is 8.36. The van der Waals surface area contributed by atoms with Crippen LogP contribution < -0.4 is 10.0 Å². The molecule has 0 spiro atoms. The molecule has 0 bridgehead atoms. The first kappa shape index (κ1) is 16.1. The number of nitrogens with zero attached hydrogens (tertiary/aromatic N) is 2. The quantitative estimate of drug-likeness (QED) is 0.710. The monoisotopic (exact) mass is 306 g/mol. The number of hydrogen-bond donors (Lipinski definition) is 2. The van der Waals surface area contributed by atoms with E-state index in [2.05, 4.69) is 20.0 Å². The van der Waals surface area contributed by atoms with Crippen LogP contribution in [0.25, 0.3) is 0 Å². The van der Waals surface area contributed by atoms with Gasteiger partial charge in [-0.15, -0.1) is 0 Å². The van der Waals surface area contributed by atoms with E-state index < -0.39 is 10.0 Å². The van der Waals surface area contributed by atoms with Gasteiger partial charge in [0.1, 0.15) is 16.8 Å². The lowest BCUT2D eigenvalue weighted by molar-refractivity contribution is 0.584. The average Bonchev–Trinajstić information content (AvgIpc) is 2.28. The lowest BCUT2D eigenvalue weighted by Crippen LogP contribution is -2.29. The molecule has 108 valence electrons. The van der Waals surface area contributed by atoms with E-state index >= 15 is 0 Å². The van der Waals surface area contributed by atoms with Gasteiger partial charge < -0.3 is 5.32 Å². The highest BCUT2D eigenvalue weighted by atomic mass is 35.5. The largest absolute Gasteiger partial charge is 0.369 e. The van der Waals surface area contributed by atoms with Crippen LogP contribution in [0.3, 0.4) is 0 Å². The predicted octanol–water partition coefficient (Wildman–Crippen LogP) is 1.43. The Labute approximate surface area is 119 Å². The van der Waals surface area contributed by atoms with Gasteiger partial charge in [0.15, 0.2) is 0 Å². The van der Waals surface area contributed by atoms with Crippen molar-refractivity contribution in [3.8, 4) is 0 Å². The first-order valence-electron chi connectivity index (χ1n) is 6.21. The van der Waals surface area contributed by atoms with Crippen molar-refractivity contribution >= 4 is 27.4 Å². The van der Waals surface area contributed by atoms with Crippen molar-refractivity contribution in [3.63, 3.8) is 0 Å². The Hall–Kier alpha value is -0.920. The number of nitrogens with one attached hydrogen (secondary N) is 2. The first-order valence-corrected chi connectivity index (χ1v) is 8.24. The first-order chi connectivity index (χ1) is 8.96. The minimum absolute atomic E-state index is 0.00836. The third-order valence-corrected chi connectivity index (χ3v) is 3.92. The van der Waals surface area contributed by atoms with Gasteiger partial charge in [0.2, 0.25) is 10.0 Å². The SMILES string of the molecule is CCCc1nc(Cl)cc(NCCS(=O)(=O)NCC)n1. The van der Waals surface area contributed by atoms with Gasteiger partial charge in [-0.05, 0) is 6.42 Å². The van der Waals surface area contributed by atoms with Crippen molar-refractivity contribution in [2.24, 2.45) is 0 Å². The van der Waals surface area contributed by atoms with Crippen LogP contribution in [0.5, 0.6) is 0 Å². The molecule has 0 fully saturated rings. The fourth-order valence-electron chi connectivity index (χ4n) is 1.50. The average molecular weight is 307 g/mol. The highest BCUT2D eigenvalue weighted by Gasteiger charge is 2.08. The fourth-order valence-corrected chi connectivity index (χ4v) is 2.65. The smallest absolute Gasteiger partial charge is 0.213 e. The van der Waals surface area contributed by atoms with E-state index in [1.165, 1.54) is 0 Å². The zero-order valence-corrected chi connectivity index (χ0v) is 12.7. The van der Waals surface area contributed by atoms with Crippen LogP contribution in [-0.4, -0.2) is 37.2 Å². The third-order valence-electron chi connectivity index (χ3n) is 2.26. The standard InChI is InChI=1S/C11H19ClN4O2S/c1-3-5-10-15-9(12)8-11(16-10)13-6-7-19(17,18)14-4-2/h8,14H,3-7H2,1-2H3,(H,13,15,16). The van der Waals surface area contributed by atoms with E-state index in [4.69, 9.17) is 11.6 Å². The summed E-state index contributed by atoms with van der Waals surface area (Å²) < 4.78 is 25.3. The van der Waals surface area contributed by atoms with Crippen LogP contribution in [-0.2, 0) is 16.4 Å². The summed E-state index contributed by atoms with van der Waals surface area (Å²) in [5.41, 5.74) is 0. The normalized spacial score (nSPS) is 11.5. The maximum Gasteiger partial charge on any atom is 0.213 e. The molecule has 1 aromatic rings. The van der Waals surface area contributed by atoms with Crippen molar-refractivity contribution in [3.05, 3.63) is 17.0 Å². The Balaban J connectivity index is 2.58. The molecule has 0 aliphatic heterocycles. The second-order valence-electron chi connectivity index (χ2n) is 3.99. The van der Waals surface area contributed by atoms with Gasteiger partial charge in [-0.1, -0.05) is 25.4 Å². The molecular weight excluding hydrogens is 288 g/mol. The van der Waals surface area contributed by atoms with Crippen LogP contribution in [0.2, 0.25) is 5.15 Å². The molecule has 0 unspecified atom stereocenters. The highest BCUT2D eigenvalue weighted by Crippen LogP contribution is 2.12. The summed E-state index contributed by atoms with van der Waals surface area (Å²) in [5.74, 6) is 1.20. The van der Waals surface area contributed by atoms with E-state index in [1.807, 2.05) is 6.92 Å². The molecule has 0 aliphatic rings. The summed E-state index contributed by atoms with van der Waals surface area (Å²) in [7, 11) is -3.22. The van der Waals surface area contributed by atoms with E-state index in [-0.39, 0.29) is 12.3 Å². The Morgan fingerprint density at radius 3 is 2.68 bits per heavy atom. The zero-order valence-electron chi connectivity index (χ0n) is 11.1. The van der Waals surface area contributed by atoms with Gasteiger partial charge in [-0.25, -0.2) is 23.1 Å². The van der Waals surface area contributed by atoms with Crippen LogP contribution in [0.4, 0.5) is 5.82 Å². The van der Waals surface area contributed by atoms with Gasteiger partial charge in [-0.3, -0.25) is 0 Å². The molecule has 6 nitrogen and oxygen atoms in total. The lowest BCUT2D eigenvalue weighted by atomic mass is 10.3. The molecule has 1 rings (SSSR count). The molecule has 0 saturated heterocycles. The van der Waals surface area contributed by atoms with Crippen LogP contribution in [0.1, 0.15) is 26.1 Å². The minimum atomic E-state index is -3.22. The number of hydrogen-bond acceptors (Lipinski definition) is 5. The molecule has 2 N–H and O–H groups in total. The molecule has 1 aromatic heterocycles. The molecule has 0 atom stereocenters. The van der Waals surface area contributed by atoms with Crippen LogP contribution in [0, 0.1) is 0 Å². The Morgan fingerprint density at radius 2 is 2.05 bits per heavy atom. The molecule has 0 saturated carbocycles. The molecule has 19 heavy (non-hydrogen) atoms. The summed E-state index contributed by atoms with van der Waals surface area (Å²) in [6, 6.07) is 1.58. The van der Waals surface area contributed by atoms with Crippen molar-refractivity contribution in [2.45, 2.75) is 26.7 Å². The van der Waals surface area contributed by atoms with Crippen LogP contribution >= 0.6 is 11.6 Å². The number of anilines is 1. The predicted molar refractivity (Wildman–Crippen MR) is 77.0 cm³/mol. The Bertz CT molecular complexity index is 507. The summed E-state index contributed by atoms with van der Waals surface area (Å²) in [6.45, 7) is 4.43. The Morgan fingerprint density at radius 1 is 1.32 bits per heavy atom. The number of rotatable bonds is 8. The zero-order chi connectivity index (χ0) is 14.3. The summed E-state index contributed by atoms with van der Waals surface area (Å²) >= 11 is 5.88. The van der Waals surface area contributed by atoms with E-state index in [0.29, 0.717) is 23.3 Å². The second-order valence-corrected chi connectivity index (χ2v) is 6.30. The van der Waals surface area contributed by atoms with Gasteiger partial charge >= 0.3 is 0 Å². The maximum absolute atomic E-state index is 11.4. The topological polar surface area (TPSA) is 84.0 Å². The third kappa shape index (κ3) is 6.17. The summed E-state index contributed by atoms with van der Waals surface area (Å²) in [5, 5.41) is 3.30. The van der Waals surface area contributed by atoms with Gasteiger partial charge in [-0.2, -0.15) is 0 Å². The van der Waals surface area contributed by atoms with Crippen molar-refractivity contribution < 1.29 is 8.42 Å². The molecule has 0 aliphatic carbocycles. The molecule has 8 heteroatoms. The van der Waals surface area contributed by atoms with E-state index in [0.717, 1.165) is 12.8 Å². The number of halogens is 1. The molecule has 1 heterocycles. The van der Waals surface area contributed by atoms with Crippen LogP contribution in [0.15, 0.2) is 6.07 Å². The summed E-state index contributed by atoms with van der Waals surface area (Å²) in [6.07, 6.45) is 1.67. The molecule has 0 radical (unpaired) electrons. The van der Waals surface area contributed by atoms with E-state index in [1.54, 1.807) is 13.0 Å². The minimum Gasteiger partial charge on any atom is -0.369 e. The van der Waals surface area contributed by atoms with Gasteiger partial charge in [0, 0.05) is 25.6 Å². The fraction of sp³-hybridized carbons (Fsp3) is 0.636. The number of aromatic nitrogens is 2. The molecule has 0 aromatic carbocycles. The van der Waals surface area contributed by atoms with Gasteiger partial charge in [0.05, 0.1) is 5.75 Å². The molecular formula is C11H19ClN4O2S. The lowest BCUT2D eigenvalue weighted by Gasteiger charge is -2.08. The van der Waals surface area contributed by atoms with E-state index in [9.17, 15) is 8.42 Å². The van der Waals surface area contributed by atoms with Crippen molar-refractivity contribution in [1.82, 2.24) is 14.7 Å². The van der Waals surface area contributed by atoms with Crippen molar-refractivity contribution in [1.29, 1.82) is 0 Å². The second kappa shape index (κ2) is 7.62. The highest BCUT2D eigenvalue weighted by molar-refractivity contribution is 7.89. The molecule has 0 amide bonds. The van der Waals surface area contributed by atoms with Crippen molar-refractivity contribution in [2.75, 3.05) is 24.2 Å². The number of aryl methyl sites for hydroxylation is 1.